The lowest BCUT2D eigenvalue weighted by molar-refractivity contribution is -0.145. The molecule has 0 aromatic heterocycles. The third kappa shape index (κ3) is 2.45. The predicted molar refractivity (Wildman–Crippen MR) is 52.8 cm³/mol. The monoisotopic (exact) mass is 201 g/mol. The summed E-state index contributed by atoms with van der Waals surface area (Å²) in [7, 11) is 1.37. The van der Waals surface area contributed by atoms with Crippen molar-refractivity contribution in [1.82, 2.24) is 5.32 Å². The van der Waals surface area contributed by atoms with Crippen molar-refractivity contribution in [2.24, 2.45) is 11.8 Å². The molecule has 4 nitrogen and oxygen atoms in total. The van der Waals surface area contributed by atoms with Crippen LogP contribution in [0.15, 0.2) is 0 Å². The van der Waals surface area contributed by atoms with Gasteiger partial charge in [0, 0.05) is 6.54 Å². The van der Waals surface area contributed by atoms with Crippen LogP contribution < -0.4 is 5.32 Å². The van der Waals surface area contributed by atoms with Crippen molar-refractivity contribution in [1.29, 1.82) is 0 Å². The summed E-state index contributed by atoms with van der Waals surface area (Å²) in [5.41, 5.74) is 0. The fourth-order valence-electron chi connectivity index (χ4n) is 1.92. The zero-order valence-electron chi connectivity index (χ0n) is 8.99. The van der Waals surface area contributed by atoms with Crippen LogP contribution in [0.4, 0.5) is 0 Å². The fourth-order valence-corrected chi connectivity index (χ4v) is 1.92. The maximum absolute atomic E-state index is 11.2. The lowest BCUT2D eigenvalue weighted by Crippen LogP contribution is -2.51. The maximum Gasteiger partial charge on any atom is 0.322 e. The first-order chi connectivity index (χ1) is 6.56. The van der Waals surface area contributed by atoms with Crippen molar-refractivity contribution in [2.45, 2.75) is 32.4 Å². The van der Waals surface area contributed by atoms with Crippen LogP contribution in [-0.4, -0.2) is 36.9 Å². The minimum Gasteiger partial charge on any atom is -0.468 e. The van der Waals surface area contributed by atoms with Crippen molar-refractivity contribution >= 4 is 5.97 Å². The number of rotatable bonds is 2. The van der Waals surface area contributed by atoms with Crippen LogP contribution >= 0.6 is 0 Å². The molecule has 3 atom stereocenters. The van der Waals surface area contributed by atoms with E-state index in [1.165, 1.54) is 7.11 Å². The van der Waals surface area contributed by atoms with Crippen LogP contribution in [0.3, 0.4) is 0 Å². The Bertz CT molecular complexity index is 206. The molecule has 0 aliphatic carbocycles. The lowest BCUT2D eigenvalue weighted by atomic mass is 9.84. The Labute approximate surface area is 84.6 Å². The van der Waals surface area contributed by atoms with Crippen molar-refractivity contribution in [3.05, 3.63) is 0 Å². The number of hydrogen-bond acceptors (Lipinski definition) is 4. The van der Waals surface area contributed by atoms with Crippen LogP contribution in [0.2, 0.25) is 0 Å². The highest BCUT2D eigenvalue weighted by Gasteiger charge is 2.34. The highest BCUT2D eigenvalue weighted by atomic mass is 16.5. The van der Waals surface area contributed by atoms with Gasteiger partial charge in [-0.05, 0) is 18.3 Å². The summed E-state index contributed by atoms with van der Waals surface area (Å²) < 4.78 is 4.62. The van der Waals surface area contributed by atoms with E-state index in [0.717, 1.165) is 0 Å². The Hall–Kier alpha value is -0.610. The Balaban J connectivity index is 2.50. The number of ether oxygens (including phenoxy) is 1. The summed E-state index contributed by atoms with van der Waals surface area (Å²) in [5.74, 6) is 0.373. The molecule has 0 aromatic carbocycles. The van der Waals surface area contributed by atoms with Crippen molar-refractivity contribution < 1.29 is 14.6 Å². The average molecular weight is 201 g/mol. The minimum absolute atomic E-state index is 0.232. The van der Waals surface area contributed by atoms with E-state index in [0.29, 0.717) is 18.9 Å². The number of aliphatic hydroxyl groups is 1. The molecule has 1 aliphatic heterocycles. The molecule has 0 saturated carbocycles. The van der Waals surface area contributed by atoms with Gasteiger partial charge in [0.15, 0.2) is 0 Å². The first-order valence-electron chi connectivity index (χ1n) is 5.05. The van der Waals surface area contributed by atoms with Crippen LogP contribution in [0, 0.1) is 11.8 Å². The van der Waals surface area contributed by atoms with Crippen molar-refractivity contribution in [2.75, 3.05) is 13.7 Å². The Kier molecular flexibility index (Phi) is 3.89. The zero-order valence-corrected chi connectivity index (χ0v) is 8.99. The van der Waals surface area contributed by atoms with Crippen LogP contribution in [-0.2, 0) is 9.53 Å². The highest BCUT2D eigenvalue weighted by molar-refractivity contribution is 5.75. The van der Waals surface area contributed by atoms with Gasteiger partial charge in [-0.2, -0.15) is 0 Å². The normalized spacial score (nSPS) is 33.1. The Morgan fingerprint density at radius 1 is 1.57 bits per heavy atom. The third-order valence-electron chi connectivity index (χ3n) is 2.91. The molecule has 0 amide bonds. The molecule has 0 bridgehead atoms. The summed E-state index contributed by atoms with van der Waals surface area (Å²) >= 11 is 0. The summed E-state index contributed by atoms with van der Waals surface area (Å²) in [6, 6.07) is -0.343. The van der Waals surface area contributed by atoms with Gasteiger partial charge in [-0.1, -0.05) is 13.8 Å². The molecule has 3 unspecified atom stereocenters. The number of esters is 1. The Morgan fingerprint density at radius 2 is 2.21 bits per heavy atom. The second-order valence-electron chi connectivity index (χ2n) is 4.19. The average Bonchev–Trinajstić information content (AvgIpc) is 2.15. The number of aliphatic hydroxyl groups excluding tert-OH is 1. The van der Waals surface area contributed by atoms with E-state index < -0.39 is 6.10 Å². The molecule has 0 aromatic rings. The van der Waals surface area contributed by atoms with Gasteiger partial charge in [-0.15, -0.1) is 0 Å². The molecule has 1 saturated heterocycles. The van der Waals surface area contributed by atoms with Crippen LogP contribution in [0.5, 0.6) is 0 Å². The third-order valence-corrected chi connectivity index (χ3v) is 2.91. The maximum atomic E-state index is 11.2. The second kappa shape index (κ2) is 4.75. The van der Waals surface area contributed by atoms with E-state index in [1.54, 1.807) is 0 Å². The van der Waals surface area contributed by atoms with Gasteiger partial charge in [-0.3, -0.25) is 4.79 Å². The topological polar surface area (TPSA) is 58.6 Å². The van der Waals surface area contributed by atoms with Gasteiger partial charge in [0.1, 0.15) is 6.04 Å². The molecule has 4 heteroatoms. The second-order valence-corrected chi connectivity index (χ2v) is 4.19. The first-order valence-corrected chi connectivity index (χ1v) is 5.05. The fraction of sp³-hybridized carbons (Fsp3) is 0.900. The van der Waals surface area contributed by atoms with Crippen molar-refractivity contribution in [3.63, 3.8) is 0 Å². The number of piperidine rings is 1. The Morgan fingerprint density at radius 3 is 2.64 bits per heavy atom. The molecule has 1 rings (SSSR count). The standard InChI is InChI=1S/C10H19NO3/c1-6(2)7-5-11-8(4-9(7)12)10(13)14-3/h6-9,11-12H,4-5H2,1-3H3. The number of methoxy groups -OCH3 is 1. The quantitative estimate of drug-likeness (QED) is 0.625. The highest BCUT2D eigenvalue weighted by Crippen LogP contribution is 2.22. The number of nitrogens with one attached hydrogen (secondary N) is 1. The van der Waals surface area contributed by atoms with Gasteiger partial charge in [-0.25, -0.2) is 0 Å². The van der Waals surface area contributed by atoms with E-state index in [9.17, 15) is 9.90 Å². The van der Waals surface area contributed by atoms with E-state index >= 15 is 0 Å². The minimum atomic E-state index is -0.402. The number of carbonyl (C=O) groups is 1. The largest absolute Gasteiger partial charge is 0.468 e. The van der Waals surface area contributed by atoms with Gasteiger partial charge in [0.2, 0.25) is 0 Å². The van der Waals surface area contributed by atoms with Crippen LogP contribution in [0.25, 0.3) is 0 Å². The summed E-state index contributed by atoms with van der Waals surface area (Å²) in [4.78, 5) is 11.2. The molecule has 14 heavy (non-hydrogen) atoms. The number of hydrogen-bond donors (Lipinski definition) is 2. The van der Waals surface area contributed by atoms with Gasteiger partial charge < -0.3 is 15.2 Å². The molecule has 0 spiro atoms. The molecule has 2 N–H and O–H groups in total. The summed E-state index contributed by atoms with van der Waals surface area (Å²) in [5, 5.41) is 12.9. The molecule has 1 aliphatic rings. The summed E-state index contributed by atoms with van der Waals surface area (Å²) in [6.07, 6.45) is 0.0514. The summed E-state index contributed by atoms with van der Waals surface area (Å²) in [6.45, 7) is 4.83. The van der Waals surface area contributed by atoms with E-state index in [4.69, 9.17) is 0 Å². The predicted octanol–water partition coefficient (Wildman–Crippen LogP) is 0.154. The van der Waals surface area contributed by atoms with Gasteiger partial charge >= 0.3 is 5.97 Å². The first kappa shape index (κ1) is 11.5. The SMILES string of the molecule is COC(=O)C1CC(O)C(C(C)C)CN1. The molecule has 1 heterocycles. The van der Waals surface area contributed by atoms with E-state index in [2.05, 4.69) is 23.9 Å². The molecule has 0 radical (unpaired) electrons. The zero-order chi connectivity index (χ0) is 10.7. The molecular weight excluding hydrogens is 182 g/mol. The van der Waals surface area contributed by atoms with Gasteiger partial charge in [0.25, 0.3) is 0 Å². The molecular formula is C10H19NO3. The lowest BCUT2D eigenvalue weighted by Gasteiger charge is -2.35. The smallest absolute Gasteiger partial charge is 0.322 e. The van der Waals surface area contributed by atoms with E-state index in [1.807, 2.05) is 0 Å². The molecule has 82 valence electrons. The van der Waals surface area contributed by atoms with E-state index in [-0.39, 0.29) is 17.9 Å². The van der Waals surface area contributed by atoms with Gasteiger partial charge in [0.05, 0.1) is 13.2 Å². The molecule has 1 fully saturated rings. The van der Waals surface area contributed by atoms with Crippen LogP contribution in [0.1, 0.15) is 20.3 Å². The number of carbonyl (C=O) groups excluding carboxylic acids is 1. The van der Waals surface area contributed by atoms with Crippen molar-refractivity contribution in [3.8, 4) is 0 Å².